The van der Waals surface area contributed by atoms with Crippen LogP contribution in [0.5, 0.6) is 0 Å². The van der Waals surface area contributed by atoms with E-state index >= 15 is 0 Å². The fraction of sp³-hybridized carbons (Fsp3) is 0.273. The maximum Gasteiger partial charge on any atom is 0.102 e. The monoisotopic (exact) mass is 242 g/mol. The van der Waals surface area contributed by atoms with Crippen molar-refractivity contribution in [3.8, 4) is 0 Å². The summed E-state index contributed by atoms with van der Waals surface area (Å²) in [6.45, 7) is 4.21. The van der Waals surface area contributed by atoms with Gasteiger partial charge in [-0.3, -0.25) is 0 Å². The van der Waals surface area contributed by atoms with Gasteiger partial charge in [-0.25, -0.2) is 0 Å². The van der Waals surface area contributed by atoms with Crippen LogP contribution in [0.3, 0.4) is 0 Å². The van der Waals surface area contributed by atoms with E-state index < -0.39 is 0 Å². The van der Waals surface area contributed by atoms with Gasteiger partial charge in [0.15, 0.2) is 0 Å². The standard InChI is InChI=1S/C11H11ClS2/c1-7-5-10(13-6-7)11(12)9-4-3-8(2)14-9/h3-6,11H,1-2H3. The van der Waals surface area contributed by atoms with E-state index in [0.717, 1.165) is 0 Å². The van der Waals surface area contributed by atoms with Crippen LogP contribution >= 0.6 is 34.3 Å². The Balaban J connectivity index is 2.28. The third kappa shape index (κ3) is 2.02. The quantitative estimate of drug-likeness (QED) is 0.667. The third-order valence-electron chi connectivity index (χ3n) is 2.01. The van der Waals surface area contributed by atoms with Crippen molar-refractivity contribution in [1.29, 1.82) is 0 Å². The smallest absolute Gasteiger partial charge is 0.102 e. The molecule has 0 fully saturated rings. The van der Waals surface area contributed by atoms with E-state index in [1.807, 2.05) is 0 Å². The molecule has 0 radical (unpaired) electrons. The maximum absolute atomic E-state index is 6.38. The second-order valence-electron chi connectivity index (χ2n) is 3.34. The molecule has 0 saturated carbocycles. The maximum atomic E-state index is 6.38. The molecule has 2 aromatic heterocycles. The van der Waals surface area contributed by atoms with Gasteiger partial charge in [-0.2, -0.15) is 0 Å². The first-order valence-electron chi connectivity index (χ1n) is 4.42. The molecule has 14 heavy (non-hydrogen) atoms. The Morgan fingerprint density at radius 3 is 2.50 bits per heavy atom. The Bertz CT molecular complexity index is 388. The lowest BCUT2D eigenvalue weighted by atomic mass is 10.2. The van der Waals surface area contributed by atoms with Crippen molar-refractivity contribution in [1.82, 2.24) is 0 Å². The van der Waals surface area contributed by atoms with E-state index in [1.54, 1.807) is 22.7 Å². The molecule has 0 aliphatic rings. The van der Waals surface area contributed by atoms with Gasteiger partial charge in [0.05, 0.1) is 0 Å². The highest BCUT2D eigenvalue weighted by Gasteiger charge is 2.13. The summed E-state index contributed by atoms with van der Waals surface area (Å²) in [4.78, 5) is 3.80. The Hall–Kier alpha value is -0.310. The molecule has 0 saturated heterocycles. The molecule has 2 heterocycles. The van der Waals surface area contributed by atoms with Crippen LogP contribution in [0.4, 0.5) is 0 Å². The van der Waals surface area contributed by atoms with E-state index in [-0.39, 0.29) is 5.38 Å². The minimum Gasteiger partial charge on any atom is -0.147 e. The number of halogens is 1. The summed E-state index contributed by atoms with van der Waals surface area (Å²) in [7, 11) is 0. The molecular weight excluding hydrogens is 232 g/mol. The topological polar surface area (TPSA) is 0 Å². The van der Waals surface area contributed by atoms with Crippen molar-refractivity contribution < 1.29 is 0 Å². The molecule has 3 heteroatoms. The van der Waals surface area contributed by atoms with E-state index in [0.29, 0.717) is 0 Å². The van der Waals surface area contributed by atoms with Gasteiger partial charge in [-0.1, -0.05) is 0 Å². The molecule has 0 N–H and O–H groups in total. The van der Waals surface area contributed by atoms with Gasteiger partial charge in [0.25, 0.3) is 0 Å². The van der Waals surface area contributed by atoms with E-state index in [9.17, 15) is 0 Å². The van der Waals surface area contributed by atoms with Crippen LogP contribution in [-0.2, 0) is 0 Å². The summed E-state index contributed by atoms with van der Waals surface area (Å²) in [5, 5.41) is 2.18. The highest BCUT2D eigenvalue weighted by molar-refractivity contribution is 7.13. The molecule has 0 spiro atoms. The first kappa shape index (κ1) is 10.2. The van der Waals surface area contributed by atoms with Crippen LogP contribution in [0.15, 0.2) is 23.6 Å². The zero-order valence-electron chi connectivity index (χ0n) is 8.08. The lowest BCUT2D eigenvalue weighted by Gasteiger charge is -2.02. The number of aryl methyl sites for hydroxylation is 2. The summed E-state index contributed by atoms with van der Waals surface area (Å²) in [6.07, 6.45) is 0. The minimum atomic E-state index is 0.0346. The minimum absolute atomic E-state index is 0.0346. The van der Waals surface area contributed by atoms with Gasteiger partial charge in [-0.15, -0.1) is 34.3 Å². The first-order chi connectivity index (χ1) is 6.66. The first-order valence-corrected chi connectivity index (χ1v) is 6.55. The molecule has 0 bridgehead atoms. The van der Waals surface area contributed by atoms with Gasteiger partial charge in [0.1, 0.15) is 5.38 Å². The SMILES string of the molecule is Cc1csc(C(Cl)c2ccc(C)s2)c1. The van der Waals surface area contributed by atoms with Crippen LogP contribution in [0, 0.1) is 13.8 Å². The molecule has 0 aromatic carbocycles. The molecule has 2 rings (SSSR count). The number of alkyl halides is 1. The highest BCUT2D eigenvalue weighted by Crippen LogP contribution is 2.36. The summed E-state index contributed by atoms with van der Waals surface area (Å²) in [6, 6.07) is 6.40. The molecular formula is C11H11ClS2. The van der Waals surface area contributed by atoms with Crippen LogP contribution < -0.4 is 0 Å². The fourth-order valence-corrected chi connectivity index (χ4v) is 3.58. The van der Waals surface area contributed by atoms with Gasteiger partial charge < -0.3 is 0 Å². The molecule has 0 amide bonds. The molecule has 2 aromatic rings. The van der Waals surface area contributed by atoms with Crippen molar-refractivity contribution in [2.24, 2.45) is 0 Å². The van der Waals surface area contributed by atoms with Crippen LogP contribution in [0.1, 0.15) is 25.6 Å². The molecule has 0 nitrogen and oxygen atoms in total. The van der Waals surface area contributed by atoms with Gasteiger partial charge in [0, 0.05) is 14.6 Å². The van der Waals surface area contributed by atoms with E-state index in [4.69, 9.17) is 11.6 Å². The van der Waals surface area contributed by atoms with Crippen LogP contribution in [0.2, 0.25) is 0 Å². The Morgan fingerprint density at radius 1 is 1.21 bits per heavy atom. The van der Waals surface area contributed by atoms with Gasteiger partial charge in [0.2, 0.25) is 0 Å². The molecule has 74 valence electrons. The lowest BCUT2D eigenvalue weighted by Crippen LogP contribution is -1.84. The van der Waals surface area contributed by atoms with Crippen molar-refractivity contribution in [3.05, 3.63) is 43.8 Å². The van der Waals surface area contributed by atoms with Crippen LogP contribution in [0.25, 0.3) is 0 Å². The average molecular weight is 243 g/mol. The Labute approximate surface area is 97.2 Å². The molecule has 0 aliphatic carbocycles. The van der Waals surface area contributed by atoms with Gasteiger partial charge in [-0.05, 0) is 43.0 Å². The fourth-order valence-electron chi connectivity index (χ4n) is 1.32. The zero-order chi connectivity index (χ0) is 10.1. The Morgan fingerprint density at radius 2 is 2.00 bits per heavy atom. The average Bonchev–Trinajstić information content (AvgIpc) is 2.73. The predicted molar refractivity (Wildman–Crippen MR) is 65.8 cm³/mol. The highest BCUT2D eigenvalue weighted by atomic mass is 35.5. The summed E-state index contributed by atoms with van der Waals surface area (Å²) < 4.78 is 0. The zero-order valence-corrected chi connectivity index (χ0v) is 10.5. The lowest BCUT2D eigenvalue weighted by molar-refractivity contribution is 1.23. The summed E-state index contributed by atoms with van der Waals surface area (Å²) >= 11 is 9.89. The molecule has 0 aliphatic heterocycles. The van der Waals surface area contributed by atoms with Crippen molar-refractivity contribution in [2.75, 3.05) is 0 Å². The molecule has 1 unspecified atom stereocenters. The second-order valence-corrected chi connectivity index (χ2v) is 6.04. The molecule has 1 atom stereocenters. The van der Waals surface area contributed by atoms with E-state index in [1.165, 1.54) is 20.2 Å². The van der Waals surface area contributed by atoms with E-state index in [2.05, 4.69) is 37.4 Å². The predicted octanol–water partition coefficient (Wildman–Crippen LogP) is 4.75. The summed E-state index contributed by atoms with van der Waals surface area (Å²) in [5.41, 5.74) is 1.30. The second kappa shape index (κ2) is 4.05. The van der Waals surface area contributed by atoms with Crippen molar-refractivity contribution in [3.63, 3.8) is 0 Å². The number of thiophene rings is 2. The number of hydrogen-bond donors (Lipinski definition) is 0. The number of hydrogen-bond acceptors (Lipinski definition) is 2. The summed E-state index contributed by atoms with van der Waals surface area (Å²) in [5.74, 6) is 0. The van der Waals surface area contributed by atoms with Gasteiger partial charge >= 0.3 is 0 Å². The Kier molecular flexibility index (Phi) is 2.96. The third-order valence-corrected chi connectivity index (χ3v) is 4.92. The van der Waals surface area contributed by atoms with Crippen molar-refractivity contribution >= 4 is 34.3 Å². The normalized spacial score (nSPS) is 13.1. The van der Waals surface area contributed by atoms with Crippen LogP contribution in [-0.4, -0.2) is 0 Å². The van der Waals surface area contributed by atoms with Crippen molar-refractivity contribution in [2.45, 2.75) is 19.2 Å². The largest absolute Gasteiger partial charge is 0.147 e. The number of rotatable bonds is 2.